The number of ether oxygens (including phenoxy) is 2. The van der Waals surface area contributed by atoms with Crippen molar-refractivity contribution in [1.29, 1.82) is 0 Å². The number of nitrogens with zero attached hydrogens (tertiary/aromatic N) is 3. The highest BCUT2D eigenvalue weighted by Crippen LogP contribution is 2.29. The van der Waals surface area contributed by atoms with E-state index in [-0.39, 0.29) is 12.0 Å². The van der Waals surface area contributed by atoms with Gasteiger partial charge in [0.15, 0.2) is 0 Å². The molecule has 1 aliphatic carbocycles. The van der Waals surface area contributed by atoms with Crippen molar-refractivity contribution < 1.29 is 22.6 Å². The molecule has 11 heteroatoms. The Kier molecular flexibility index (Phi) is 8.33. The molecule has 186 valence electrons. The molecule has 1 saturated carbocycles. The summed E-state index contributed by atoms with van der Waals surface area (Å²) in [6, 6.07) is 7.91. The van der Waals surface area contributed by atoms with Crippen molar-refractivity contribution in [2.75, 3.05) is 49.7 Å². The largest absolute Gasteiger partial charge is 0.476 e. The Morgan fingerprint density at radius 2 is 1.79 bits per heavy atom. The van der Waals surface area contributed by atoms with Gasteiger partial charge in [-0.2, -0.15) is 18.2 Å². The Balaban J connectivity index is 1.26. The Labute approximate surface area is 202 Å². The van der Waals surface area contributed by atoms with Crippen LogP contribution in [0.2, 0.25) is 5.02 Å². The minimum Gasteiger partial charge on any atom is -0.476 e. The third kappa shape index (κ3) is 7.35. The number of morpholine rings is 1. The lowest BCUT2D eigenvalue weighted by Gasteiger charge is -2.29. The van der Waals surface area contributed by atoms with E-state index in [4.69, 9.17) is 21.1 Å². The quantitative estimate of drug-likeness (QED) is 0.540. The van der Waals surface area contributed by atoms with Gasteiger partial charge in [-0.15, -0.1) is 0 Å². The van der Waals surface area contributed by atoms with E-state index in [1.165, 1.54) is 6.20 Å². The number of hydrogen-bond acceptors (Lipinski definition) is 7. The Morgan fingerprint density at radius 3 is 2.47 bits per heavy atom. The molecule has 7 nitrogen and oxygen atoms in total. The fourth-order valence-corrected chi connectivity index (χ4v) is 4.35. The molecule has 1 aromatic carbocycles. The maximum atomic E-state index is 12.4. The summed E-state index contributed by atoms with van der Waals surface area (Å²) < 4.78 is 48.4. The van der Waals surface area contributed by atoms with E-state index >= 15 is 0 Å². The first-order valence-corrected chi connectivity index (χ1v) is 11.9. The zero-order valence-corrected chi connectivity index (χ0v) is 19.5. The van der Waals surface area contributed by atoms with Crippen molar-refractivity contribution in [2.24, 2.45) is 5.92 Å². The topological polar surface area (TPSA) is 71.5 Å². The maximum absolute atomic E-state index is 12.4. The highest BCUT2D eigenvalue weighted by Gasteiger charge is 2.29. The van der Waals surface area contributed by atoms with Crippen LogP contribution in [0.1, 0.15) is 25.7 Å². The average molecular weight is 500 g/mol. The molecule has 34 heavy (non-hydrogen) atoms. The Morgan fingerprint density at radius 1 is 1.09 bits per heavy atom. The van der Waals surface area contributed by atoms with Gasteiger partial charge in [0.25, 0.3) is 0 Å². The number of hydrogen-bond donors (Lipinski definition) is 2. The van der Waals surface area contributed by atoms with E-state index < -0.39 is 12.7 Å². The second-order valence-corrected chi connectivity index (χ2v) is 9.05. The fraction of sp³-hybridized carbons (Fsp3) is 0.565. The van der Waals surface area contributed by atoms with Crippen molar-refractivity contribution in [3.63, 3.8) is 0 Å². The molecule has 1 saturated heterocycles. The van der Waals surface area contributed by atoms with Crippen molar-refractivity contribution in [3.8, 4) is 5.88 Å². The first-order chi connectivity index (χ1) is 16.4. The summed E-state index contributed by atoms with van der Waals surface area (Å²) in [4.78, 5) is 10.9. The summed E-state index contributed by atoms with van der Waals surface area (Å²) in [5.41, 5.74) is 1.98. The van der Waals surface area contributed by atoms with Crippen molar-refractivity contribution in [1.82, 2.24) is 15.3 Å². The standard InChI is InChI=1S/C23H29ClF3N5O2/c24-20-13-28-22(30-18-5-7-19(8-6-18)32-9-11-33-12-10-32)31-21(20)34-14-16-1-3-17(4-2-16)29-15-23(25,26)27/h5-8,13,16-17,29H,1-4,9-12,14-15H2,(H,28,30,31)/t16-,17-. The van der Waals surface area contributed by atoms with Crippen LogP contribution in [-0.2, 0) is 4.74 Å². The molecule has 2 aromatic rings. The van der Waals surface area contributed by atoms with Gasteiger partial charge in [0.2, 0.25) is 11.8 Å². The second-order valence-electron chi connectivity index (χ2n) is 8.64. The van der Waals surface area contributed by atoms with Gasteiger partial charge in [0, 0.05) is 30.5 Å². The number of benzene rings is 1. The molecule has 0 bridgehead atoms. The van der Waals surface area contributed by atoms with E-state index in [1.807, 2.05) is 24.3 Å². The molecule has 0 unspecified atom stereocenters. The van der Waals surface area contributed by atoms with Crippen molar-refractivity contribution in [2.45, 2.75) is 37.9 Å². The van der Waals surface area contributed by atoms with Crippen LogP contribution in [-0.4, -0.2) is 61.6 Å². The van der Waals surface area contributed by atoms with Gasteiger partial charge in [0.05, 0.1) is 32.6 Å². The fourth-order valence-electron chi connectivity index (χ4n) is 4.21. The van der Waals surface area contributed by atoms with Gasteiger partial charge < -0.3 is 25.0 Å². The number of aromatic nitrogens is 2. The molecule has 0 radical (unpaired) electrons. The highest BCUT2D eigenvalue weighted by atomic mass is 35.5. The normalized spacial score (nSPS) is 21.4. The molecule has 1 aromatic heterocycles. The van der Waals surface area contributed by atoms with Crippen LogP contribution in [0.15, 0.2) is 30.5 Å². The Hall–Kier alpha value is -2.30. The highest BCUT2D eigenvalue weighted by molar-refractivity contribution is 6.31. The lowest BCUT2D eigenvalue weighted by atomic mass is 9.86. The maximum Gasteiger partial charge on any atom is 0.401 e. The molecule has 2 heterocycles. The van der Waals surface area contributed by atoms with Gasteiger partial charge in [-0.3, -0.25) is 0 Å². The summed E-state index contributed by atoms with van der Waals surface area (Å²) in [7, 11) is 0. The van der Waals surface area contributed by atoms with Crippen LogP contribution in [0.4, 0.5) is 30.5 Å². The summed E-state index contributed by atoms with van der Waals surface area (Å²) in [5, 5.41) is 6.07. The number of nitrogens with one attached hydrogen (secondary N) is 2. The van der Waals surface area contributed by atoms with Crippen LogP contribution in [0.3, 0.4) is 0 Å². The van der Waals surface area contributed by atoms with E-state index in [0.29, 0.717) is 36.3 Å². The summed E-state index contributed by atoms with van der Waals surface area (Å²) in [5.74, 6) is 0.916. The van der Waals surface area contributed by atoms with Gasteiger partial charge in [-0.05, 0) is 55.9 Å². The van der Waals surface area contributed by atoms with Gasteiger partial charge >= 0.3 is 6.18 Å². The number of rotatable bonds is 8. The van der Waals surface area contributed by atoms with Gasteiger partial charge in [-0.25, -0.2) is 4.98 Å². The molecule has 2 N–H and O–H groups in total. The van der Waals surface area contributed by atoms with Crippen molar-refractivity contribution in [3.05, 3.63) is 35.5 Å². The molecule has 0 amide bonds. The van der Waals surface area contributed by atoms with Gasteiger partial charge in [0.1, 0.15) is 5.02 Å². The van der Waals surface area contributed by atoms with E-state index in [9.17, 15) is 13.2 Å². The van der Waals surface area contributed by atoms with Crippen molar-refractivity contribution >= 4 is 28.9 Å². The molecule has 4 rings (SSSR count). The zero-order valence-electron chi connectivity index (χ0n) is 18.8. The predicted molar refractivity (Wildman–Crippen MR) is 125 cm³/mol. The van der Waals surface area contributed by atoms with E-state index in [1.54, 1.807) is 0 Å². The van der Waals surface area contributed by atoms with Crippen LogP contribution in [0.5, 0.6) is 5.88 Å². The van der Waals surface area contributed by atoms with Crippen LogP contribution >= 0.6 is 11.6 Å². The smallest absolute Gasteiger partial charge is 0.401 e. The minimum atomic E-state index is -4.18. The number of halogens is 4. The molecule has 2 fully saturated rings. The molecule has 1 aliphatic heterocycles. The monoisotopic (exact) mass is 499 g/mol. The summed E-state index contributed by atoms with van der Waals surface area (Å²) in [6.45, 7) is 2.69. The van der Waals surface area contributed by atoms with Crippen LogP contribution in [0, 0.1) is 5.92 Å². The van der Waals surface area contributed by atoms with Crippen LogP contribution in [0.25, 0.3) is 0 Å². The molecule has 0 spiro atoms. The first-order valence-electron chi connectivity index (χ1n) is 11.5. The lowest BCUT2D eigenvalue weighted by molar-refractivity contribution is -0.126. The SMILES string of the molecule is FC(F)(F)CN[C@H]1CC[C@H](COc2nc(Nc3ccc(N4CCOCC4)cc3)ncc2Cl)CC1. The van der Waals surface area contributed by atoms with E-state index in [2.05, 4.69) is 25.5 Å². The second kappa shape index (κ2) is 11.4. The number of anilines is 3. The lowest BCUT2D eigenvalue weighted by Crippen LogP contribution is -2.39. The van der Waals surface area contributed by atoms with Crippen LogP contribution < -0.4 is 20.3 Å². The third-order valence-corrected chi connectivity index (χ3v) is 6.36. The molecule has 2 aliphatic rings. The summed E-state index contributed by atoms with van der Waals surface area (Å²) >= 11 is 6.22. The molecular weight excluding hydrogens is 471 g/mol. The molecule has 0 atom stereocenters. The van der Waals surface area contributed by atoms with E-state index in [0.717, 1.165) is 50.5 Å². The zero-order chi connectivity index (χ0) is 24.0. The minimum absolute atomic E-state index is 0.106. The molecular formula is C23H29ClF3N5O2. The average Bonchev–Trinajstić information content (AvgIpc) is 2.84. The Bertz CT molecular complexity index is 918. The third-order valence-electron chi connectivity index (χ3n) is 6.11. The number of alkyl halides is 3. The first kappa shape index (κ1) is 24.8. The van der Waals surface area contributed by atoms with Gasteiger partial charge in [-0.1, -0.05) is 11.6 Å². The summed E-state index contributed by atoms with van der Waals surface area (Å²) in [6.07, 6.45) is 0.272. The predicted octanol–water partition coefficient (Wildman–Crippen LogP) is 4.80.